The molecule has 5 rings (SSSR count). The van der Waals surface area contributed by atoms with Gasteiger partial charge < -0.3 is 4.90 Å². The van der Waals surface area contributed by atoms with Crippen LogP contribution in [0.3, 0.4) is 0 Å². The highest BCUT2D eigenvalue weighted by Crippen LogP contribution is 2.36. The first-order chi connectivity index (χ1) is 12.9. The quantitative estimate of drug-likeness (QED) is 0.548. The molecule has 0 saturated heterocycles. The van der Waals surface area contributed by atoms with E-state index in [1.165, 1.54) is 27.8 Å². The van der Waals surface area contributed by atoms with E-state index >= 15 is 0 Å². The van der Waals surface area contributed by atoms with Crippen molar-refractivity contribution in [3.05, 3.63) is 84.4 Å². The molecule has 4 heteroatoms. The smallest absolute Gasteiger partial charge is 0.147 e. The van der Waals surface area contributed by atoms with Crippen LogP contribution in [0.1, 0.15) is 11.3 Å². The summed E-state index contributed by atoms with van der Waals surface area (Å²) in [6.07, 6.45) is 6.21. The Balaban J connectivity index is 1.72. The summed E-state index contributed by atoms with van der Waals surface area (Å²) >= 11 is 0. The molecule has 0 spiro atoms. The zero-order valence-electron chi connectivity index (χ0n) is 14.3. The standard InChI is InChI=1S/C22H18N4/c1-2-6-16(7-3-1)22-17-8-4-5-9-19(17)25-20-10-13-26(15-18(20)22)21-14-23-11-12-24-21/h1-9,11-12,14H,10,13,15H2. The van der Waals surface area contributed by atoms with Gasteiger partial charge in [-0.2, -0.15) is 0 Å². The number of pyridine rings is 1. The highest BCUT2D eigenvalue weighted by Gasteiger charge is 2.24. The predicted octanol–water partition coefficient (Wildman–Crippen LogP) is 4.25. The van der Waals surface area contributed by atoms with Gasteiger partial charge in [-0.3, -0.25) is 9.97 Å². The van der Waals surface area contributed by atoms with Crippen molar-refractivity contribution in [2.45, 2.75) is 13.0 Å². The summed E-state index contributed by atoms with van der Waals surface area (Å²) in [4.78, 5) is 16.0. The highest BCUT2D eigenvalue weighted by molar-refractivity contribution is 5.96. The lowest BCUT2D eigenvalue weighted by atomic mass is 9.91. The van der Waals surface area contributed by atoms with Crippen LogP contribution in [0, 0.1) is 0 Å². The van der Waals surface area contributed by atoms with Crippen molar-refractivity contribution in [1.82, 2.24) is 15.0 Å². The van der Waals surface area contributed by atoms with Gasteiger partial charge in [-0.05, 0) is 17.2 Å². The molecule has 0 saturated carbocycles. The van der Waals surface area contributed by atoms with Crippen molar-refractivity contribution in [3.63, 3.8) is 0 Å². The number of rotatable bonds is 2. The van der Waals surface area contributed by atoms with E-state index in [-0.39, 0.29) is 0 Å². The largest absolute Gasteiger partial charge is 0.351 e. The van der Waals surface area contributed by atoms with Crippen molar-refractivity contribution in [2.75, 3.05) is 11.4 Å². The third-order valence-electron chi connectivity index (χ3n) is 4.98. The monoisotopic (exact) mass is 338 g/mol. The van der Waals surface area contributed by atoms with Gasteiger partial charge >= 0.3 is 0 Å². The van der Waals surface area contributed by atoms with Crippen LogP contribution < -0.4 is 4.90 Å². The minimum Gasteiger partial charge on any atom is -0.351 e. The number of anilines is 1. The molecule has 126 valence electrons. The van der Waals surface area contributed by atoms with Crippen LogP contribution in [0.2, 0.25) is 0 Å². The van der Waals surface area contributed by atoms with E-state index in [2.05, 4.69) is 69.5 Å². The normalized spacial score (nSPS) is 13.6. The minimum atomic E-state index is 0.802. The molecular formula is C22H18N4. The molecular weight excluding hydrogens is 320 g/mol. The molecule has 0 N–H and O–H groups in total. The van der Waals surface area contributed by atoms with Gasteiger partial charge in [0, 0.05) is 48.5 Å². The first-order valence-corrected chi connectivity index (χ1v) is 8.87. The fourth-order valence-corrected chi connectivity index (χ4v) is 3.77. The highest BCUT2D eigenvalue weighted by atomic mass is 15.2. The lowest BCUT2D eigenvalue weighted by Crippen LogP contribution is -2.32. The molecule has 4 aromatic rings. The third-order valence-corrected chi connectivity index (χ3v) is 4.98. The molecule has 0 fully saturated rings. The van der Waals surface area contributed by atoms with Gasteiger partial charge in [0.2, 0.25) is 0 Å². The molecule has 3 heterocycles. The average Bonchev–Trinajstić information content (AvgIpc) is 2.73. The van der Waals surface area contributed by atoms with Crippen LogP contribution in [-0.2, 0) is 13.0 Å². The van der Waals surface area contributed by atoms with Crippen LogP contribution in [0.5, 0.6) is 0 Å². The number of hydrogen-bond donors (Lipinski definition) is 0. The predicted molar refractivity (Wildman–Crippen MR) is 104 cm³/mol. The van der Waals surface area contributed by atoms with Gasteiger partial charge in [-0.25, -0.2) is 4.98 Å². The summed E-state index contributed by atoms with van der Waals surface area (Å²) in [5.41, 5.74) is 6.09. The number of benzene rings is 2. The second kappa shape index (κ2) is 6.23. The molecule has 2 aromatic heterocycles. The van der Waals surface area contributed by atoms with E-state index in [1.807, 2.05) is 6.20 Å². The van der Waals surface area contributed by atoms with Gasteiger partial charge in [-0.15, -0.1) is 0 Å². The van der Waals surface area contributed by atoms with Crippen LogP contribution in [0.15, 0.2) is 73.2 Å². The van der Waals surface area contributed by atoms with Crippen LogP contribution in [-0.4, -0.2) is 21.5 Å². The SMILES string of the molecule is c1ccc(-c2c3c(nc4ccccc24)CCN(c2cnccn2)C3)cc1. The summed E-state index contributed by atoms with van der Waals surface area (Å²) in [6, 6.07) is 19.1. The average molecular weight is 338 g/mol. The topological polar surface area (TPSA) is 41.9 Å². The lowest BCUT2D eigenvalue weighted by Gasteiger charge is -2.31. The van der Waals surface area contributed by atoms with Crippen LogP contribution in [0.4, 0.5) is 5.82 Å². The van der Waals surface area contributed by atoms with Crippen molar-refractivity contribution in [2.24, 2.45) is 0 Å². The zero-order valence-corrected chi connectivity index (χ0v) is 14.3. The first-order valence-electron chi connectivity index (χ1n) is 8.87. The Hall–Kier alpha value is -3.27. The Kier molecular flexibility index (Phi) is 3.60. The summed E-state index contributed by atoms with van der Waals surface area (Å²) < 4.78 is 0. The number of para-hydroxylation sites is 1. The molecule has 1 aliphatic heterocycles. The van der Waals surface area contributed by atoms with Crippen molar-refractivity contribution in [1.29, 1.82) is 0 Å². The fourth-order valence-electron chi connectivity index (χ4n) is 3.77. The molecule has 2 aromatic carbocycles. The van der Waals surface area contributed by atoms with E-state index in [0.29, 0.717) is 0 Å². The maximum Gasteiger partial charge on any atom is 0.147 e. The van der Waals surface area contributed by atoms with Crippen LogP contribution >= 0.6 is 0 Å². The summed E-state index contributed by atoms with van der Waals surface area (Å²) in [6.45, 7) is 1.71. The van der Waals surface area contributed by atoms with Gasteiger partial charge in [0.1, 0.15) is 5.82 Å². The van der Waals surface area contributed by atoms with Crippen molar-refractivity contribution in [3.8, 4) is 11.1 Å². The molecule has 1 aliphatic rings. The molecule has 0 atom stereocenters. The molecule has 0 aliphatic carbocycles. The van der Waals surface area contributed by atoms with E-state index in [4.69, 9.17) is 4.98 Å². The van der Waals surface area contributed by atoms with Gasteiger partial charge in [-0.1, -0.05) is 48.5 Å². The summed E-state index contributed by atoms with van der Waals surface area (Å²) in [5, 5.41) is 1.21. The van der Waals surface area contributed by atoms with E-state index < -0.39 is 0 Å². The molecule has 0 radical (unpaired) electrons. The molecule has 26 heavy (non-hydrogen) atoms. The summed E-state index contributed by atoms with van der Waals surface area (Å²) in [5.74, 6) is 0.922. The second-order valence-electron chi connectivity index (χ2n) is 6.53. The molecule has 4 nitrogen and oxygen atoms in total. The number of fused-ring (bicyclic) bond motifs is 2. The van der Waals surface area contributed by atoms with Gasteiger partial charge in [0.15, 0.2) is 0 Å². The lowest BCUT2D eigenvalue weighted by molar-refractivity contribution is 0.706. The Morgan fingerprint density at radius 3 is 2.58 bits per heavy atom. The minimum absolute atomic E-state index is 0.802. The third kappa shape index (κ3) is 2.51. The van der Waals surface area contributed by atoms with Crippen molar-refractivity contribution >= 4 is 16.7 Å². The van der Waals surface area contributed by atoms with Crippen molar-refractivity contribution < 1.29 is 0 Å². The van der Waals surface area contributed by atoms with Crippen LogP contribution in [0.25, 0.3) is 22.0 Å². The number of hydrogen-bond acceptors (Lipinski definition) is 4. The maximum absolute atomic E-state index is 4.97. The Bertz CT molecular complexity index is 1060. The molecule has 0 unspecified atom stereocenters. The van der Waals surface area contributed by atoms with Gasteiger partial charge in [0.05, 0.1) is 11.7 Å². The number of aromatic nitrogens is 3. The van der Waals surface area contributed by atoms with E-state index in [9.17, 15) is 0 Å². The first kappa shape index (κ1) is 15.0. The molecule has 0 bridgehead atoms. The van der Waals surface area contributed by atoms with E-state index in [1.54, 1.807) is 12.4 Å². The number of nitrogens with zero attached hydrogens (tertiary/aromatic N) is 4. The Labute approximate surface area is 152 Å². The fraction of sp³-hybridized carbons (Fsp3) is 0.136. The Morgan fingerprint density at radius 2 is 1.73 bits per heavy atom. The zero-order chi connectivity index (χ0) is 17.3. The Morgan fingerprint density at radius 1 is 0.885 bits per heavy atom. The van der Waals surface area contributed by atoms with Gasteiger partial charge in [0.25, 0.3) is 0 Å². The second-order valence-corrected chi connectivity index (χ2v) is 6.53. The maximum atomic E-state index is 4.97. The summed E-state index contributed by atoms with van der Waals surface area (Å²) in [7, 11) is 0. The van der Waals surface area contributed by atoms with E-state index in [0.717, 1.165) is 30.8 Å². The molecule has 0 amide bonds.